The van der Waals surface area contributed by atoms with Crippen LogP contribution in [0.3, 0.4) is 0 Å². The molecule has 72 valence electrons. The van der Waals surface area contributed by atoms with Crippen LogP contribution in [0.1, 0.15) is 13.3 Å². The summed E-state index contributed by atoms with van der Waals surface area (Å²) in [5, 5.41) is 18.6. The SMILES string of the molecule is CC1O[C@H](CO)[C@H](CCS)C1O. The van der Waals surface area contributed by atoms with E-state index in [0.29, 0.717) is 5.75 Å². The Morgan fingerprint density at radius 2 is 2.17 bits per heavy atom. The van der Waals surface area contributed by atoms with Gasteiger partial charge in [0.05, 0.1) is 24.9 Å². The molecule has 1 fully saturated rings. The molecule has 0 aliphatic carbocycles. The molecule has 4 atom stereocenters. The first kappa shape index (κ1) is 10.3. The summed E-state index contributed by atoms with van der Waals surface area (Å²) in [4.78, 5) is 0. The lowest BCUT2D eigenvalue weighted by molar-refractivity contribution is -0.00241. The van der Waals surface area contributed by atoms with Crippen molar-refractivity contribution in [3.63, 3.8) is 0 Å². The molecule has 0 bridgehead atoms. The van der Waals surface area contributed by atoms with Gasteiger partial charge in [-0.15, -0.1) is 0 Å². The van der Waals surface area contributed by atoms with E-state index >= 15 is 0 Å². The van der Waals surface area contributed by atoms with Gasteiger partial charge >= 0.3 is 0 Å². The first-order chi connectivity index (χ1) is 5.70. The highest BCUT2D eigenvalue weighted by Crippen LogP contribution is 2.29. The molecule has 0 aromatic heterocycles. The number of rotatable bonds is 3. The van der Waals surface area contributed by atoms with Crippen LogP contribution in [-0.2, 0) is 4.74 Å². The van der Waals surface area contributed by atoms with E-state index in [-0.39, 0.29) is 24.7 Å². The Bertz CT molecular complexity index is 142. The van der Waals surface area contributed by atoms with Crippen LogP contribution >= 0.6 is 12.6 Å². The normalized spacial score (nSPS) is 42.0. The highest BCUT2D eigenvalue weighted by atomic mass is 32.1. The van der Waals surface area contributed by atoms with Gasteiger partial charge in [0.2, 0.25) is 0 Å². The Morgan fingerprint density at radius 3 is 2.67 bits per heavy atom. The quantitative estimate of drug-likeness (QED) is 0.554. The van der Waals surface area contributed by atoms with E-state index in [2.05, 4.69) is 12.6 Å². The van der Waals surface area contributed by atoms with Crippen molar-refractivity contribution in [1.82, 2.24) is 0 Å². The molecule has 1 rings (SSSR count). The van der Waals surface area contributed by atoms with Crippen LogP contribution < -0.4 is 0 Å². The number of hydrogen-bond donors (Lipinski definition) is 3. The molecular formula is C8H16O3S. The van der Waals surface area contributed by atoms with Crippen LogP contribution in [0.15, 0.2) is 0 Å². The molecule has 0 radical (unpaired) electrons. The maximum absolute atomic E-state index is 9.62. The van der Waals surface area contributed by atoms with Crippen LogP contribution in [0.25, 0.3) is 0 Å². The molecule has 4 heteroatoms. The van der Waals surface area contributed by atoms with E-state index in [9.17, 15) is 5.11 Å². The summed E-state index contributed by atoms with van der Waals surface area (Å²) < 4.78 is 5.35. The zero-order valence-electron chi connectivity index (χ0n) is 7.18. The number of hydrogen-bond acceptors (Lipinski definition) is 4. The smallest absolute Gasteiger partial charge is 0.0864 e. The number of aliphatic hydroxyl groups excluding tert-OH is 2. The van der Waals surface area contributed by atoms with E-state index < -0.39 is 6.10 Å². The van der Waals surface area contributed by atoms with Crippen molar-refractivity contribution in [1.29, 1.82) is 0 Å². The lowest BCUT2D eigenvalue weighted by Crippen LogP contribution is -2.28. The van der Waals surface area contributed by atoms with Crippen molar-refractivity contribution in [3.05, 3.63) is 0 Å². The fraction of sp³-hybridized carbons (Fsp3) is 1.00. The summed E-state index contributed by atoms with van der Waals surface area (Å²) in [5.41, 5.74) is 0. The second-order valence-corrected chi connectivity index (χ2v) is 3.68. The van der Waals surface area contributed by atoms with Crippen LogP contribution in [0, 0.1) is 5.92 Å². The van der Waals surface area contributed by atoms with Gasteiger partial charge in [-0.25, -0.2) is 0 Å². The molecule has 0 amide bonds. The third kappa shape index (κ3) is 1.93. The van der Waals surface area contributed by atoms with Gasteiger partial charge in [-0.05, 0) is 19.1 Å². The van der Waals surface area contributed by atoms with Crippen LogP contribution in [-0.4, -0.2) is 40.9 Å². The Kier molecular flexibility index (Phi) is 3.83. The molecule has 1 heterocycles. The van der Waals surface area contributed by atoms with E-state index in [0.717, 1.165) is 6.42 Å². The van der Waals surface area contributed by atoms with E-state index in [4.69, 9.17) is 9.84 Å². The minimum Gasteiger partial charge on any atom is -0.394 e. The summed E-state index contributed by atoms with van der Waals surface area (Å²) in [5.74, 6) is 0.761. The van der Waals surface area contributed by atoms with Gasteiger partial charge in [0.1, 0.15) is 0 Å². The minimum atomic E-state index is -0.450. The highest BCUT2D eigenvalue weighted by Gasteiger charge is 2.39. The Hall–Kier alpha value is 0.230. The van der Waals surface area contributed by atoms with Crippen LogP contribution in [0.4, 0.5) is 0 Å². The number of thiol groups is 1. The summed E-state index contributed by atoms with van der Waals surface area (Å²) >= 11 is 4.10. The molecule has 3 nitrogen and oxygen atoms in total. The van der Waals surface area contributed by atoms with Crippen molar-refractivity contribution in [3.8, 4) is 0 Å². The lowest BCUT2D eigenvalue weighted by atomic mass is 9.94. The van der Waals surface area contributed by atoms with Crippen molar-refractivity contribution >= 4 is 12.6 Å². The van der Waals surface area contributed by atoms with Crippen LogP contribution in [0.5, 0.6) is 0 Å². The van der Waals surface area contributed by atoms with E-state index in [1.54, 1.807) is 0 Å². The monoisotopic (exact) mass is 192 g/mol. The number of ether oxygens (including phenoxy) is 1. The second kappa shape index (κ2) is 4.46. The predicted molar refractivity (Wildman–Crippen MR) is 49.4 cm³/mol. The third-order valence-corrected chi connectivity index (χ3v) is 2.69. The molecule has 1 aliphatic heterocycles. The average molecular weight is 192 g/mol. The fourth-order valence-electron chi connectivity index (χ4n) is 1.71. The summed E-state index contributed by atoms with van der Waals surface area (Å²) in [7, 11) is 0. The Morgan fingerprint density at radius 1 is 1.50 bits per heavy atom. The van der Waals surface area contributed by atoms with Crippen molar-refractivity contribution in [2.24, 2.45) is 5.92 Å². The van der Waals surface area contributed by atoms with Gasteiger partial charge in [0, 0.05) is 5.92 Å². The second-order valence-electron chi connectivity index (χ2n) is 3.23. The topological polar surface area (TPSA) is 49.7 Å². The summed E-state index contributed by atoms with van der Waals surface area (Å²) in [6.45, 7) is 1.81. The molecule has 1 aliphatic rings. The molecule has 2 N–H and O–H groups in total. The maximum Gasteiger partial charge on any atom is 0.0864 e. The van der Waals surface area contributed by atoms with Gasteiger partial charge in [-0.1, -0.05) is 0 Å². The molecule has 1 saturated heterocycles. The Labute approximate surface area is 78.1 Å². The molecule has 0 aromatic rings. The predicted octanol–water partition coefficient (Wildman–Crippen LogP) is 0.0630. The van der Waals surface area contributed by atoms with Crippen molar-refractivity contribution in [2.45, 2.75) is 31.7 Å². The average Bonchev–Trinajstić information content (AvgIpc) is 2.33. The van der Waals surface area contributed by atoms with E-state index in [1.807, 2.05) is 6.92 Å². The maximum atomic E-state index is 9.62. The first-order valence-electron chi connectivity index (χ1n) is 4.26. The third-order valence-electron chi connectivity index (χ3n) is 2.43. The highest BCUT2D eigenvalue weighted by molar-refractivity contribution is 7.80. The van der Waals surface area contributed by atoms with Gasteiger partial charge in [-0.3, -0.25) is 0 Å². The molecule has 12 heavy (non-hydrogen) atoms. The molecule has 0 aromatic carbocycles. The fourth-order valence-corrected chi connectivity index (χ4v) is 2.01. The minimum absolute atomic E-state index is 0.0140. The molecule has 0 saturated carbocycles. The Balaban J connectivity index is 2.53. The molecular weight excluding hydrogens is 176 g/mol. The summed E-state index contributed by atoms with van der Waals surface area (Å²) in [6, 6.07) is 0. The van der Waals surface area contributed by atoms with E-state index in [1.165, 1.54) is 0 Å². The summed E-state index contributed by atoms with van der Waals surface area (Å²) in [6.07, 6.45) is -0.0247. The molecule has 0 spiro atoms. The number of aliphatic hydroxyl groups is 2. The van der Waals surface area contributed by atoms with Crippen molar-refractivity contribution in [2.75, 3.05) is 12.4 Å². The van der Waals surface area contributed by atoms with Gasteiger partial charge in [0.25, 0.3) is 0 Å². The van der Waals surface area contributed by atoms with Gasteiger partial charge in [0.15, 0.2) is 0 Å². The van der Waals surface area contributed by atoms with Gasteiger partial charge in [-0.2, -0.15) is 12.6 Å². The largest absolute Gasteiger partial charge is 0.394 e. The zero-order valence-corrected chi connectivity index (χ0v) is 8.08. The van der Waals surface area contributed by atoms with Crippen LogP contribution in [0.2, 0.25) is 0 Å². The van der Waals surface area contributed by atoms with Gasteiger partial charge < -0.3 is 14.9 Å². The first-order valence-corrected chi connectivity index (χ1v) is 4.89. The standard InChI is InChI=1S/C8H16O3S/c1-5-8(10)6(2-3-12)7(4-9)11-5/h5-10,12H,2-4H2,1H3/t5?,6-,7+,8?/m0/s1. The van der Waals surface area contributed by atoms with Crippen molar-refractivity contribution < 1.29 is 14.9 Å². The molecule has 2 unspecified atom stereocenters. The zero-order chi connectivity index (χ0) is 9.14. The lowest BCUT2D eigenvalue weighted by Gasteiger charge is -2.16.